The Balaban J connectivity index is 1.40. The number of amides is 1. The monoisotopic (exact) mass is 461 g/mol. The molecule has 6 nitrogen and oxygen atoms in total. The molecule has 2 aliphatic heterocycles. The van der Waals surface area contributed by atoms with Gasteiger partial charge in [0.25, 0.3) is 0 Å². The Kier molecular flexibility index (Phi) is 6.51. The number of likely N-dealkylation sites (tertiary alicyclic amines) is 1. The van der Waals surface area contributed by atoms with E-state index in [2.05, 4.69) is 50.9 Å². The van der Waals surface area contributed by atoms with E-state index in [0.29, 0.717) is 0 Å². The first-order valence-corrected chi connectivity index (χ1v) is 12.8. The number of carbonyl (C=O) groups excluding carboxylic acids is 1. The molecule has 0 radical (unpaired) electrons. The third-order valence-electron chi connectivity index (χ3n) is 6.60. The first-order chi connectivity index (χ1) is 16.1. The van der Waals surface area contributed by atoms with Crippen molar-refractivity contribution >= 4 is 23.4 Å². The van der Waals surface area contributed by atoms with Crippen LogP contribution in [0.1, 0.15) is 44.5 Å². The number of carbonyl (C=O) groups is 1. The molecule has 3 heterocycles. The van der Waals surface area contributed by atoms with Crippen molar-refractivity contribution < 1.29 is 4.79 Å². The zero-order valence-electron chi connectivity index (χ0n) is 19.4. The van der Waals surface area contributed by atoms with E-state index in [4.69, 9.17) is 0 Å². The molecule has 1 saturated heterocycles. The number of fused-ring (bicyclic) bond motifs is 1. The quantitative estimate of drug-likeness (QED) is 0.498. The SMILES string of the molecule is CC(Sc1nnc(CN2CCCCC2)n1-c1ccccc1)C(=O)N1c2ccccc2CC1C. The molecule has 33 heavy (non-hydrogen) atoms. The van der Waals surface area contributed by atoms with Crippen LogP contribution in [0.4, 0.5) is 5.69 Å². The van der Waals surface area contributed by atoms with Gasteiger partial charge in [0.2, 0.25) is 5.91 Å². The van der Waals surface area contributed by atoms with Crippen LogP contribution in [0, 0.1) is 0 Å². The number of anilines is 1. The second-order valence-corrected chi connectivity index (χ2v) is 10.4. The summed E-state index contributed by atoms with van der Waals surface area (Å²) < 4.78 is 2.13. The van der Waals surface area contributed by atoms with Crippen LogP contribution in [0.15, 0.2) is 59.8 Å². The molecule has 0 N–H and O–H groups in total. The molecule has 3 aromatic rings. The fourth-order valence-corrected chi connectivity index (χ4v) is 5.87. The lowest BCUT2D eigenvalue weighted by Gasteiger charge is -2.26. The van der Waals surface area contributed by atoms with E-state index >= 15 is 0 Å². The topological polar surface area (TPSA) is 54.3 Å². The van der Waals surface area contributed by atoms with Crippen LogP contribution >= 0.6 is 11.8 Å². The third kappa shape index (κ3) is 4.57. The van der Waals surface area contributed by atoms with E-state index in [0.717, 1.165) is 48.4 Å². The highest BCUT2D eigenvalue weighted by Gasteiger charge is 2.34. The highest BCUT2D eigenvalue weighted by molar-refractivity contribution is 8.00. The van der Waals surface area contributed by atoms with Crippen molar-refractivity contribution in [2.24, 2.45) is 0 Å². The summed E-state index contributed by atoms with van der Waals surface area (Å²) in [5.74, 6) is 1.06. The van der Waals surface area contributed by atoms with Crippen molar-refractivity contribution in [1.29, 1.82) is 0 Å². The maximum atomic E-state index is 13.5. The highest BCUT2D eigenvalue weighted by atomic mass is 32.2. The first-order valence-electron chi connectivity index (χ1n) is 11.9. The Morgan fingerprint density at radius 3 is 2.55 bits per heavy atom. The average Bonchev–Trinajstić information content (AvgIpc) is 3.39. The van der Waals surface area contributed by atoms with Gasteiger partial charge >= 0.3 is 0 Å². The average molecular weight is 462 g/mol. The smallest absolute Gasteiger partial charge is 0.240 e. The van der Waals surface area contributed by atoms with Crippen LogP contribution in [0.3, 0.4) is 0 Å². The number of para-hydroxylation sites is 2. The maximum Gasteiger partial charge on any atom is 0.240 e. The summed E-state index contributed by atoms with van der Waals surface area (Å²) >= 11 is 1.50. The molecule has 1 aromatic heterocycles. The van der Waals surface area contributed by atoms with Crippen molar-refractivity contribution in [2.75, 3.05) is 18.0 Å². The number of thioether (sulfide) groups is 1. The van der Waals surface area contributed by atoms with Gasteiger partial charge in [0.1, 0.15) is 0 Å². The van der Waals surface area contributed by atoms with Crippen LogP contribution < -0.4 is 4.90 Å². The van der Waals surface area contributed by atoms with Crippen molar-refractivity contribution in [2.45, 2.75) is 62.5 Å². The Hall–Kier alpha value is -2.64. The van der Waals surface area contributed by atoms with Crippen molar-refractivity contribution in [1.82, 2.24) is 19.7 Å². The zero-order valence-corrected chi connectivity index (χ0v) is 20.2. The van der Waals surface area contributed by atoms with Crippen LogP contribution in [0.2, 0.25) is 0 Å². The van der Waals surface area contributed by atoms with Gasteiger partial charge in [0.05, 0.1) is 11.8 Å². The molecule has 5 rings (SSSR count). The van der Waals surface area contributed by atoms with Crippen molar-refractivity contribution in [3.63, 3.8) is 0 Å². The lowest BCUT2D eigenvalue weighted by atomic mass is 10.1. The van der Waals surface area contributed by atoms with Crippen LogP contribution in [-0.2, 0) is 17.8 Å². The molecule has 2 aliphatic rings. The van der Waals surface area contributed by atoms with E-state index in [-0.39, 0.29) is 17.2 Å². The zero-order chi connectivity index (χ0) is 22.8. The van der Waals surface area contributed by atoms with E-state index in [9.17, 15) is 4.79 Å². The minimum atomic E-state index is -0.270. The Morgan fingerprint density at radius 2 is 1.76 bits per heavy atom. The first kappa shape index (κ1) is 22.2. The molecule has 2 atom stereocenters. The molecule has 1 amide bonds. The molecule has 1 fully saturated rings. The second-order valence-electron chi connectivity index (χ2n) is 9.06. The van der Waals surface area contributed by atoms with Gasteiger partial charge < -0.3 is 4.90 Å². The number of rotatable bonds is 6. The lowest BCUT2D eigenvalue weighted by Crippen LogP contribution is -2.40. The van der Waals surface area contributed by atoms with E-state index in [1.807, 2.05) is 42.2 Å². The van der Waals surface area contributed by atoms with E-state index < -0.39 is 0 Å². The summed E-state index contributed by atoms with van der Waals surface area (Å²) in [5.41, 5.74) is 3.32. The van der Waals surface area contributed by atoms with Gasteiger partial charge in [-0.25, -0.2) is 0 Å². The Bertz CT molecular complexity index is 1110. The Labute approximate surface area is 200 Å². The van der Waals surface area contributed by atoms with Crippen LogP contribution in [0.25, 0.3) is 5.69 Å². The van der Waals surface area contributed by atoms with Crippen LogP contribution in [-0.4, -0.2) is 50.0 Å². The highest BCUT2D eigenvalue weighted by Crippen LogP contribution is 2.35. The summed E-state index contributed by atoms with van der Waals surface area (Å²) in [5, 5.41) is 9.62. The normalized spacial score (nSPS) is 19.5. The summed E-state index contributed by atoms with van der Waals surface area (Å²) in [7, 11) is 0. The Morgan fingerprint density at radius 1 is 1.03 bits per heavy atom. The van der Waals surface area contributed by atoms with Gasteiger partial charge in [0.15, 0.2) is 11.0 Å². The van der Waals surface area contributed by atoms with E-state index in [1.54, 1.807) is 0 Å². The number of hydrogen-bond donors (Lipinski definition) is 0. The summed E-state index contributed by atoms with van der Waals surface area (Å²) in [6.45, 7) is 7.09. The number of hydrogen-bond acceptors (Lipinski definition) is 5. The number of benzene rings is 2. The predicted molar refractivity (Wildman–Crippen MR) is 133 cm³/mol. The summed E-state index contributed by atoms with van der Waals surface area (Å²) in [4.78, 5) is 18.0. The van der Waals surface area contributed by atoms with Gasteiger partial charge in [-0.2, -0.15) is 0 Å². The van der Waals surface area contributed by atoms with Gasteiger partial charge in [-0.1, -0.05) is 54.6 Å². The molecule has 0 aliphatic carbocycles. The minimum absolute atomic E-state index is 0.123. The molecule has 2 unspecified atom stereocenters. The number of aromatic nitrogens is 3. The van der Waals surface area contributed by atoms with Crippen molar-refractivity contribution in [3.05, 3.63) is 66.0 Å². The molecule has 0 bridgehead atoms. The molecule has 0 spiro atoms. The lowest BCUT2D eigenvalue weighted by molar-refractivity contribution is -0.118. The summed E-state index contributed by atoms with van der Waals surface area (Å²) in [6.07, 6.45) is 4.68. The molecule has 172 valence electrons. The third-order valence-corrected chi connectivity index (χ3v) is 7.63. The predicted octanol–water partition coefficient (Wildman–Crippen LogP) is 4.71. The van der Waals surface area contributed by atoms with Gasteiger partial charge in [0, 0.05) is 17.4 Å². The van der Waals surface area contributed by atoms with Gasteiger partial charge in [-0.15, -0.1) is 10.2 Å². The molecule has 2 aromatic carbocycles. The molecular weight excluding hydrogens is 430 g/mol. The largest absolute Gasteiger partial charge is 0.308 e. The second kappa shape index (κ2) is 9.69. The minimum Gasteiger partial charge on any atom is -0.308 e. The van der Waals surface area contributed by atoms with Gasteiger partial charge in [-0.05, 0) is 70.0 Å². The maximum absolute atomic E-state index is 13.5. The van der Waals surface area contributed by atoms with Gasteiger partial charge in [-0.3, -0.25) is 14.3 Å². The fourth-order valence-electron chi connectivity index (χ4n) is 4.94. The van der Waals surface area contributed by atoms with E-state index in [1.165, 1.54) is 36.6 Å². The number of nitrogens with zero attached hydrogens (tertiary/aromatic N) is 5. The fraction of sp³-hybridized carbons (Fsp3) is 0.423. The standard InChI is InChI=1S/C26H31N5OS/c1-19-17-21-11-7-8-14-23(21)30(19)25(32)20(2)33-26-28-27-24(18-29-15-9-4-10-16-29)31(26)22-12-5-3-6-13-22/h3,5-8,11-14,19-20H,4,9-10,15-18H2,1-2H3. The number of piperidine rings is 1. The summed E-state index contributed by atoms with van der Waals surface area (Å²) in [6, 6.07) is 18.6. The van der Waals surface area contributed by atoms with Crippen LogP contribution in [0.5, 0.6) is 0 Å². The molecular formula is C26H31N5OS. The van der Waals surface area contributed by atoms with Crippen molar-refractivity contribution in [3.8, 4) is 5.69 Å². The molecule has 7 heteroatoms. The molecule has 0 saturated carbocycles.